The summed E-state index contributed by atoms with van der Waals surface area (Å²) in [5, 5.41) is 0. The molecule has 1 saturated heterocycles. The Morgan fingerprint density at radius 1 is 1.50 bits per heavy atom. The quantitative estimate of drug-likeness (QED) is 0.776. The Bertz CT molecular complexity index is 384. The summed E-state index contributed by atoms with van der Waals surface area (Å²) in [6.45, 7) is 3.68. The maximum atomic E-state index is 11.9. The van der Waals surface area contributed by atoms with E-state index in [1.165, 1.54) is 12.8 Å². The van der Waals surface area contributed by atoms with Crippen LogP contribution in [0.15, 0.2) is 18.3 Å². The summed E-state index contributed by atoms with van der Waals surface area (Å²) in [6.07, 6.45) is 4.07. The molecule has 4 heteroatoms. The Kier molecular flexibility index (Phi) is 3.19. The second-order valence-corrected chi connectivity index (χ2v) is 4.22. The molecule has 0 aliphatic carbocycles. The van der Waals surface area contributed by atoms with Gasteiger partial charge in [0.05, 0.1) is 11.6 Å². The molecule has 1 atom stereocenters. The molecule has 1 aliphatic rings. The van der Waals surface area contributed by atoms with Crippen molar-refractivity contribution in [1.29, 1.82) is 0 Å². The van der Waals surface area contributed by atoms with Gasteiger partial charge in [-0.3, -0.25) is 4.79 Å². The fourth-order valence-electron chi connectivity index (χ4n) is 2.02. The van der Waals surface area contributed by atoms with E-state index in [9.17, 15) is 4.79 Å². The first-order valence-corrected chi connectivity index (χ1v) is 5.70. The molecule has 1 fully saturated rings. The maximum Gasteiger partial charge on any atom is 0.182 e. The molecule has 2 N–H and O–H groups in total. The molecule has 86 valence electrons. The molecule has 2 heterocycles. The Hall–Kier alpha value is -1.42. The molecule has 1 aromatic rings. The van der Waals surface area contributed by atoms with Crippen molar-refractivity contribution in [2.75, 3.05) is 18.0 Å². The van der Waals surface area contributed by atoms with Gasteiger partial charge in [0, 0.05) is 19.3 Å². The monoisotopic (exact) mass is 219 g/mol. The van der Waals surface area contributed by atoms with E-state index in [2.05, 4.69) is 9.88 Å². The third kappa shape index (κ3) is 2.07. The van der Waals surface area contributed by atoms with Crippen LogP contribution in [-0.4, -0.2) is 29.9 Å². The number of carbonyl (C=O) groups is 1. The number of aromatic nitrogens is 1. The van der Waals surface area contributed by atoms with Crippen LogP contribution in [0.1, 0.15) is 30.1 Å². The van der Waals surface area contributed by atoms with Gasteiger partial charge in [-0.1, -0.05) is 0 Å². The first-order chi connectivity index (χ1) is 7.70. The molecular formula is C12H17N3O. The van der Waals surface area contributed by atoms with E-state index in [-0.39, 0.29) is 5.78 Å². The van der Waals surface area contributed by atoms with Crippen molar-refractivity contribution in [3.63, 3.8) is 0 Å². The van der Waals surface area contributed by atoms with Crippen molar-refractivity contribution < 1.29 is 4.79 Å². The van der Waals surface area contributed by atoms with E-state index in [0.29, 0.717) is 5.56 Å². The highest BCUT2D eigenvalue weighted by Crippen LogP contribution is 2.22. The first-order valence-electron chi connectivity index (χ1n) is 5.70. The number of rotatable bonds is 3. The lowest BCUT2D eigenvalue weighted by molar-refractivity contribution is 0.0968. The van der Waals surface area contributed by atoms with Gasteiger partial charge in [0.15, 0.2) is 5.78 Å². The van der Waals surface area contributed by atoms with Crippen molar-refractivity contribution in [3.8, 4) is 0 Å². The lowest BCUT2D eigenvalue weighted by atomic mass is 10.1. The zero-order chi connectivity index (χ0) is 11.5. The van der Waals surface area contributed by atoms with Gasteiger partial charge in [-0.15, -0.1) is 0 Å². The lowest BCUT2D eigenvalue weighted by Gasteiger charge is -2.19. The van der Waals surface area contributed by atoms with Gasteiger partial charge in [0.2, 0.25) is 0 Å². The third-order valence-electron chi connectivity index (χ3n) is 2.87. The molecule has 0 aromatic carbocycles. The number of anilines is 1. The predicted molar refractivity (Wildman–Crippen MR) is 63.7 cm³/mol. The highest BCUT2D eigenvalue weighted by Gasteiger charge is 2.21. The van der Waals surface area contributed by atoms with Crippen molar-refractivity contribution in [2.24, 2.45) is 5.73 Å². The largest absolute Gasteiger partial charge is 0.356 e. The van der Waals surface area contributed by atoms with Crippen molar-refractivity contribution >= 4 is 11.6 Å². The highest BCUT2D eigenvalue weighted by atomic mass is 16.1. The summed E-state index contributed by atoms with van der Waals surface area (Å²) in [5.74, 6) is 0.761. The van der Waals surface area contributed by atoms with Crippen LogP contribution in [0.2, 0.25) is 0 Å². The van der Waals surface area contributed by atoms with Crippen LogP contribution in [0.25, 0.3) is 0 Å². The number of hydrogen-bond acceptors (Lipinski definition) is 4. The van der Waals surface area contributed by atoms with E-state index in [4.69, 9.17) is 5.73 Å². The average molecular weight is 219 g/mol. The molecule has 0 spiro atoms. The van der Waals surface area contributed by atoms with Crippen LogP contribution in [0.3, 0.4) is 0 Å². The van der Waals surface area contributed by atoms with E-state index in [1.54, 1.807) is 19.2 Å². The summed E-state index contributed by atoms with van der Waals surface area (Å²) >= 11 is 0. The molecule has 16 heavy (non-hydrogen) atoms. The normalized spacial score (nSPS) is 17.5. The number of ketones is 1. The summed E-state index contributed by atoms with van der Waals surface area (Å²) < 4.78 is 0. The van der Waals surface area contributed by atoms with Crippen molar-refractivity contribution in [1.82, 2.24) is 4.98 Å². The molecule has 0 bridgehead atoms. The van der Waals surface area contributed by atoms with Gasteiger partial charge in [-0.25, -0.2) is 4.98 Å². The minimum Gasteiger partial charge on any atom is -0.356 e. The third-order valence-corrected chi connectivity index (χ3v) is 2.87. The van der Waals surface area contributed by atoms with Crippen LogP contribution >= 0.6 is 0 Å². The van der Waals surface area contributed by atoms with Crippen molar-refractivity contribution in [3.05, 3.63) is 23.9 Å². The van der Waals surface area contributed by atoms with E-state index >= 15 is 0 Å². The first kappa shape index (κ1) is 11.1. The minimum absolute atomic E-state index is 0.0324. The average Bonchev–Trinajstić information content (AvgIpc) is 2.81. The molecule has 0 amide bonds. The number of carbonyl (C=O) groups excluding carboxylic acids is 1. The second-order valence-electron chi connectivity index (χ2n) is 4.22. The summed E-state index contributed by atoms with van der Waals surface area (Å²) in [4.78, 5) is 18.4. The fraction of sp³-hybridized carbons (Fsp3) is 0.500. The van der Waals surface area contributed by atoms with E-state index in [1.807, 2.05) is 6.07 Å². The molecule has 2 rings (SSSR count). The SMILES string of the molecule is CC(N)C(=O)c1cccnc1N1CCCC1. The van der Waals surface area contributed by atoms with Gasteiger partial charge in [-0.2, -0.15) is 0 Å². The number of Topliss-reactive ketones (excluding diaryl/α,β-unsaturated/α-hetero) is 1. The molecule has 4 nitrogen and oxygen atoms in total. The predicted octanol–water partition coefficient (Wildman–Crippen LogP) is 1.21. The standard InChI is InChI=1S/C12H17N3O/c1-9(13)11(16)10-5-4-6-14-12(10)15-7-2-3-8-15/h4-6,9H,2-3,7-8,13H2,1H3. The molecule has 0 saturated carbocycles. The summed E-state index contributed by atoms with van der Waals surface area (Å²) in [5.41, 5.74) is 6.29. The van der Waals surface area contributed by atoms with Gasteiger partial charge in [0.25, 0.3) is 0 Å². The Labute approximate surface area is 95.5 Å². The number of pyridine rings is 1. The summed E-state index contributed by atoms with van der Waals surface area (Å²) in [7, 11) is 0. The molecule has 1 aromatic heterocycles. The van der Waals surface area contributed by atoms with Gasteiger partial charge in [0.1, 0.15) is 5.82 Å². The lowest BCUT2D eigenvalue weighted by Crippen LogP contribution is -2.30. The number of nitrogens with two attached hydrogens (primary N) is 1. The summed E-state index contributed by atoms with van der Waals surface area (Å²) in [6, 6.07) is 3.13. The second kappa shape index (κ2) is 4.61. The Balaban J connectivity index is 2.33. The van der Waals surface area contributed by atoms with E-state index < -0.39 is 6.04 Å². The van der Waals surface area contributed by atoms with Crippen LogP contribution in [-0.2, 0) is 0 Å². The smallest absolute Gasteiger partial charge is 0.182 e. The fourth-order valence-corrected chi connectivity index (χ4v) is 2.02. The van der Waals surface area contributed by atoms with Gasteiger partial charge < -0.3 is 10.6 Å². The van der Waals surface area contributed by atoms with E-state index in [0.717, 1.165) is 18.9 Å². The molecule has 1 aliphatic heterocycles. The van der Waals surface area contributed by atoms with Crippen LogP contribution < -0.4 is 10.6 Å². The topological polar surface area (TPSA) is 59.2 Å². The number of nitrogens with zero attached hydrogens (tertiary/aromatic N) is 2. The maximum absolute atomic E-state index is 11.9. The van der Waals surface area contributed by atoms with Crippen LogP contribution in [0.4, 0.5) is 5.82 Å². The van der Waals surface area contributed by atoms with Crippen LogP contribution in [0, 0.1) is 0 Å². The number of hydrogen-bond donors (Lipinski definition) is 1. The molecule has 0 radical (unpaired) electrons. The van der Waals surface area contributed by atoms with Crippen LogP contribution in [0.5, 0.6) is 0 Å². The zero-order valence-corrected chi connectivity index (χ0v) is 9.52. The highest BCUT2D eigenvalue weighted by molar-refractivity contribution is 6.03. The Morgan fingerprint density at radius 3 is 2.81 bits per heavy atom. The van der Waals surface area contributed by atoms with Gasteiger partial charge in [-0.05, 0) is 31.9 Å². The van der Waals surface area contributed by atoms with Gasteiger partial charge >= 0.3 is 0 Å². The Morgan fingerprint density at radius 2 is 2.19 bits per heavy atom. The minimum atomic E-state index is -0.467. The van der Waals surface area contributed by atoms with Crippen molar-refractivity contribution in [2.45, 2.75) is 25.8 Å². The zero-order valence-electron chi connectivity index (χ0n) is 9.52. The molecule has 1 unspecified atom stereocenters. The molecular weight excluding hydrogens is 202 g/mol.